The van der Waals surface area contributed by atoms with Gasteiger partial charge in [-0.25, -0.2) is 4.63 Å². The molecule has 5 rings (SSSR count). The first-order valence-electron chi connectivity index (χ1n) is 10.2. The fourth-order valence-electron chi connectivity index (χ4n) is 4.12. The summed E-state index contributed by atoms with van der Waals surface area (Å²) in [4.78, 5) is 24.1. The summed E-state index contributed by atoms with van der Waals surface area (Å²) in [6, 6.07) is 16.4. The highest BCUT2D eigenvalue weighted by atomic mass is 16.6. The topological polar surface area (TPSA) is 128 Å². The molecule has 4 aromatic rings. The Kier molecular flexibility index (Phi) is 4.90. The van der Waals surface area contributed by atoms with E-state index in [-0.39, 0.29) is 16.6 Å². The molecule has 0 saturated heterocycles. The number of nitrogens with zero attached hydrogens (tertiary/aromatic N) is 5. The first-order valence-corrected chi connectivity index (χ1v) is 10.2. The van der Waals surface area contributed by atoms with Crippen molar-refractivity contribution >= 4 is 45.3 Å². The minimum absolute atomic E-state index is 0.0291. The molecule has 1 aliphatic rings. The zero-order chi connectivity index (χ0) is 24.0. The Morgan fingerprint density at radius 1 is 0.882 bits per heavy atom. The maximum Gasteiger partial charge on any atom is 0.307 e. The van der Waals surface area contributed by atoms with Gasteiger partial charge in [-0.3, -0.25) is 20.2 Å². The summed E-state index contributed by atoms with van der Waals surface area (Å²) in [5.74, 6) is 0. The summed E-state index contributed by atoms with van der Waals surface area (Å²) in [5, 5.41) is 30.9. The van der Waals surface area contributed by atoms with Crippen molar-refractivity contribution in [1.29, 1.82) is 0 Å². The maximum atomic E-state index is 11.9. The Morgan fingerprint density at radius 3 is 2.18 bits per heavy atom. The number of hydrogen-bond acceptors (Lipinski definition) is 8. The molecule has 0 atom stereocenters. The molecule has 34 heavy (non-hydrogen) atoms. The summed E-state index contributed by atoms with van der Waals surface area (Å²) in [5.41, 5.74) is 4.01. The zero-order valence-corrected chi connectivity index (χ0v) is 18.1. The van der Waals surface area contributed by atoms with Crippen molar-refractivity contribution < 1.29 is 14.5 Å². The quantitative estimate of drug-likeness (QED) is 0.301. The van der Waals surface area contributed by atoms with Gasteiger partial charge in [0.1, 0.15) is 0 Å². The van der Waals surface area contributed by atoms with Gasteiger partial charge in [0.25, 0.3) is 5.69 Å². The predicted molar refractivity (Wildman–Crippen MR) is 127 cm³/mol. The molecule has 0 unspecified atom stereocenters. The molecule has 10 heteroatoms. The number of hydrogen-bond donors (Lipinski definition) is 0. The van der Waals surface area contributed by atoms with Crippen LogP contribution in [0.5, 0.6) is 0 Å². The molecule has 1 heterocycles. The summed E-state index contributed by atoms with van der Waals surface area (Å²) in [6.45, 7) is 0. The minimum Gasteiger partial charge on any atom is -0.378 e. The van der Waals surface area contributed by atoms with E-state index in [9.17, 15) is 20.2 Å². The van der Waals surface area contributed by atoms with Gasteiger partial charge >= 0.3 is 5.69 Å². The van der Waals surface area contributed by atoms with Crippen LogP contribution in [-0.4, -0.2) is 34.3 Å². The second-order valence-corrected chi connectivity index (χ2v) is 7.95. The third-order valence-corrected chi connectivity index (χ3v) is 5.72. The van der Waals surface area contributed by atoms with E-state index in [0.29, 0.717) is 5.57 Å². The van der Waals surface area contributed by atoms with E-state index in [1.165, 1.54) is 0 Å². The van der Waals surface area contributed by atoms with Crippen LogP contribution < -0.4 is 4.90 Å². The van der Waals surface area contributed by atoms with Crippen LogP contribution in [-0.2, 0) is 0 Å². The van der Waals surface area contributed by atoms with Crippen molar-refractivity contribution in [2.75, 3.05) is 19.0 Å². The van der Waals surface area contributed by atoms with Crippen molar-refractivity contribution in [3.05, 3.63) is 103 Å². The average molecular weight is 455 g/mol. The Labute approximate surface area is 192 Å². The highest BCUT2D eigenvalue weighted by Crippen LogP contribution is 2.46. The van der Waals surface area contributed by atoms with E-state index in [1.807, 2.05) is 79.7 Å². The number of aromatic nitrogens is 2. The Bertz CT molecular complexity index is 1530. The van der Waals surface area contributed by atoms with Crippen molar-refractivity contribution in [2.45, 2.75) is 0 Å². The standard InChI is InChI=1S/C24H17N5O5/c1-27(2)16-9-7-14(8-10-16)11-15-12-19(18-6-4-3-5-17(15)18)22-20(28(30)31)13-21(29(32)33)23-24(22)26-34-25-23/h3-13H,1-2H3/b15-11+. The van der Waals surface area contributed by atoms with Gasteiger partial charge in [-0.1, -0.05) is 36.4 Å². The number of allylic oxidation sites excluding steroid dienone is 2. The lowest BCUT2D eigenvalue weighted by atomic mass is 9.96. The molecule has 1 aromatic heterocycles. The molecule has 168 valence electrons. The highest BCUT2D eigenvalue weighted by molar-refractivity contribution is 6.11. The van der Waals surface area contributed by atoms with Crippen LogP contribution in [0.3, 0.4) is 0 Å². The van der Waals surface area contributed by atoms with Crippen LogP contribution in [0.1, 0.15) is 22.3 Å². The van der Waals surface area contributed by atoms with Gasteiger partial charge in [0.05, 0.1) is 21.5 Å². The van der Waals surface area contributed by atoms with Gasteiger partial charge in [-0.15, -0.1) is 0 Å². The van der Waals surface area contributed by atoms with Gasteiger partial charge in [-0.05, 0) is 62.4 Å². The smallest absolute Gasteiger partial charge is 0.307 e. The molecule has 0 spiro atoms. The Balaban J connectivity index is 1.74. The summed E-state index contributed by atoms with van der Waals surface area (Å²) in [7, 11) is 3.93. The monoisotopic (exact) mass is 455 g/mol. The van der Waals surface area contributed by atoms with Crippen molar-refractivity contribution in [3.8, 4) is 0 Å². The van der Waals surface area contributed by atoms with Crippen molar-refractivity contribution in [2.24, 2.45) is 0 Å². The summed E-state index contributed by atoms with van der Waals surface area (Å²) < 4.78 is 4.76. The number of anilines is 1. The van der Waals surface area contributed by atoms with Gasteiger partial charge in [0.15, 0.2) is 5.52 Å². The van der Waals surface area contributed by atoms with E-state index in [1.54, 1.807) is 0 Å². The molecule has 0 amide bonds. The minimum atomic E-state index is -0.733. The molecule has 0 saturated carbocycles. The third kappa shape index (κ3) is 3.37. The van der Waals surface area contributed by atoms with Gasteiger partial charge in [-0.2, -0.15) is 0 Å². The van der Waals surface area contributed by atoms with E-state index in [2.05, 4.69) is 10.3 Å². The third-order valence-electron chi connectivity index (χ3n) is 5.72. The number of rotatable bonds is 5. The molecule has 0 aliphatic heterocycles. The van der Waals surface area contributed by atoms with E-state index in [4.69, 9.17) is 4.63 Å². The van der Waals surface area contributed by atoms with Crippen LogP contribution in [0.15, 0.2) is 65.3 Å². The fourth-order valence-corrected chi connectivity index (χ4v) is 4.12. The van der Waals surface area contributed by atoms with Crippen LogP contribution >= 0.6 is 0 Å². The number of nitro groups is 2. The highest BCUT2D eigenvalue weighted by Gasteiger charge is 2.34. The fraction of sp³-hybridized carbons (Fsp3) is 0.0833. The molecule has 0 fully saturated rings. The molecule has 3 aromatic carbocycles. The molecule has 1 aliphatic carbocycles. The second kappa shape index (κ2) is 7.93. The number of non-ortho nitro benzene ring substituents is 1. The lowest BCUT2D eigenvalue weighted by Gasteiger charge is -2.12. The van der Waals surface area contributed by atoms with Crippen LogP contribution in [0, 0.1) is 20.2 Å². The molecular weight excluding hydrogens is 438 g/mol. The largest absolute Gasteiger partial charge is 0.378 e. The predicted octanol–water partition coefficient (Wildman–Crippen LogP) is 5.09. The van der Waals surface area contributed by atoms with Crippen LogP contribution in [0.25, 0.3) is 28.3 Å². The van der Waals surface area contributed by atoms with Crippen LogP contribution in [0.4, 0.5) is 17.1 Å². The summed E-state index contributed by atoms with van der Waals surface area (Å²) >= 11 is 0. The number of benzene rings is 3. The molecular formula is C24H17N5O5. The first kappa shape index (κ1) is 21.0. The van der Waals surface area contributed by atoms with Gasteiger partial charge in [0, 0.05) is 19.8 Å². The second-order valence-electron chi connectivity index (χ2n) is 7.95. The lowest BCUT2D eigenvalue weighted by molar-refractivity contribution is -0.393. The zero-order valence-electron chi connectivity index (χ0n) is 18.1. The van der Waals surface area contributed by atoms with Gasteiger partial charge in [0.2, 0.25) is 5.52 Å². The number of fused-ring (bicyclic) bond motifs is 2. The van der Waals surface area contributed by atoms with E-state index in [0.717, 1.165) is 34.0 Å². The van der Waals surface area contributed by atoms with Crippen LogP contribution in [0.2, 0.25) is 0 Å². The lowest BCUT2D eigenvalue weighted by Crippen LogP contribution is -2.07. The molecule has 0 bridgehead atoms. The van der Waals surface area contributed by atoms with Crippen molar-refractivity contribution in [3.63, 3.8) is 0 Å². The average Bonchev–Trinajstić information content (AvgIpc) is 3.44. The summed E-state index contributed by atoms with van der Waals surface area (Å²) in [6.07, 6.45) is 3.81. The maximum absolute atomic E-state index is 11.9. The number of nitro benzene ring substituents is 2. The van der Waals surface area contributed by atoms with Crippen molar-refractivity contribution in [1.82, 2.24) is 10.3 Å². The molecule has 10 nitrogen and oxygen atoms in total. The molecule has 0 radical (unpaired) electrons. The normalized spacial score (nSPS) is 13.7. The first-order chi connectivity index (χ1) is 16.3. The Morgan fingerprint density at radius 2 is 1.53 bits per heavy atom. The SMILES string of the molecule is CN(C)c1ccc(/C=C2\C=C(c3c([N+](=O)[O-])cc([N+](=O)[O-])c4nonc34)c3ccccc32)cc1. The molecule has 0 N–H and O–H groups in total. The van der Waals surface area contributed by atoms with E-state index >= 15 is 0 Å². The Hall–Kier alpha value is -4.86. The van der Waals surface area contributed by atoms with Gasteiger partial charge < -0.3 is 4.90 Å². The van der Waals surface area contributed by atoms with E-state index < -0.39 is 21.2 Å².